The van der Waals surface area contributed by atoms with E-state index < -0.39 is 157 Å². The summed E-state index contributed by atoms with van der Waals surface area (Å²) in [5, 5.41) is 135. The van der Waals surface area contributed by atoms with E-state index in [2.05, 4.69) is 0 Å². The van der Waals surface area contributed by atoms with Crippen molar-refractivity contribution in [1.29, 1.82) is 0 Å². The lowest BCUT2D eigenvalue weighted by Crippen LogP contribution is -2.63. The summed E-state index contributed by atoms with van der Waals surface area (Å²) in [6, 6.07) is 9.35. The monoisotopic (exact) mass is 934 g/mol. The van der Waals surface area contributed by atoms with Gasteiger partial charge in [0.1, 0.15) is 90.1 Å². The summed E-state index contributed by atoms with van der Waals surface area (Å²) < 4.78 is 50.3. The molecule has 4 aromatic rings. The van der Waals surface area contributed by atoms with Gasteiger partial charge in [-0.1, -0.05) is 6.07 Å². The van der Waals surface area contributed by atoms with Crippen molar-refractivity contribution in [3.8, 4) is 51.6 Å². The maximum Gasteiger partial charge on any atom is 0.330 e. The average Bonchev–Trinajstić information content (AvgIpc) is 3.29. The van der Waals surface area contributed by atoms with Crippen molar-refractivity contribution in [2.24, 2.45) is 0 Å². The van der Waals surface area contributed by atoms with Crippen molar-refractivity contribution in [2.45, 2.75) is 86.0 Å². The SMILES string of the molecule is COc1cc(/C=C/C(=O)OC[C@H]2O[C@@H](O[C@@H]3[C@@H](Oc4c(-c5ccc(O)c(O)c5)oc5cc(O[C@@H]6O[C@@H](CO)[C@@H](O)[C@H](O)[C@H]6O)cc(O)c5c4=O)OC[C@H](O)[C@@H]3O)[C@H](O)[C@@H](O)[C@@H]2O)ccc1O. The first-order valence-electron chi connectivity index (χ1n) is 19.9. The molecule has 0 radical (unpaired) electrons. The van der Waals surface area contributed by atoms with Crippen molar-refractivity contribution in [3.63, 3.8) is 0 Å². The first-order valence-corrected chi connectivity index (χ1v) is 19.9. The normalized spacial score (nSPS) is 31.4. The first kappa shape index (κ1) is 48.1. The Balaban J connectivity index is 1.16. The minimum absolute atomic E-state index is 0.133. The molecule has 0 aliphatic carbocycles. The quantitative estimate of drug-likeness (QED) is 0.0371. The van der Waals surface area contributed by atoms with E-state index in [0.717, 1.165) is 30.3 Å². The van der Waals surface area contributed by atoms with E-state index in [-0.39, 0.29) is 22.8 Å². The van der Waals surface area contributed by atoms with Gasteiger partial charge in [0.25, 0.3) is 0 Å². The second-order valence-corrected chi connectivity index (χ2v) is 15.3. The van der Waals surface area contributed by atoms with E-state index in [9.17, 15) is 76.0 Å². The molecular formula is C42H46O24. The Kier molecular flexibility index (Phi) is 14.5. The summed E-state index contributed by atoms with van der Waals surface area (Å²) >= 11 is 0. The topological polar surface area (TPSA) is 384 Å². The van der Waals surface area contributed by atoms with Gasteiger partial charge in [-0.05, 0) is 42.0 Å². The molecule has 24 nitrogen and oxygen atoms in total. The second kappa shape index (κ2) is 19.9. The van der Waals surface area contributed by atoms with Crippen LogP contribution in [0.25, 0.3) is 28.4 Å². The Morgan fingerprint density at radius 1 is 0.727 bits per heavy atom. The van der Waals surface area contributed by atoms with Crippen molar-refractivity contribution < 1.29 is 113 Å². The number of rotatable bonds is 13. The molecular weight excluding hydrogens is 888 g/mol. The van der Waals surface area contributed by atoms with E-state index >= 15 is 0 Å². The van der Waals surface area contributed by atoms with Crippen molar-refractivity contribution in [3.05, 3.63) is 70.4 Å². The largest absolute Gasteiger partial charge is 0.507 e. The van der Waals surface area contributed by atoms with Crippen LogP contribution in [0.5, 0.6) is 40.2 Å². The second-order valence-electron chi connectivity index (χ2n) is 15.3. The third-order valence-electron chi connectivity index (χ3n) is 10.9. The fourth-order valence-electron chi connectivity index (χ4n) is 7.21. The summed E-state index contributed by atoms with van der Waals surface area (Å²) in [7, 11) is 1.33. The Morgan fingerprint density at radius 3 is 2.11 bits per heavy atom. The molecule has 7 rings (SSSR count). The zero-order valence-corrected chi connectivity index (χ0v) is 34.3. The zero-order chi connectivity index (χ0) is 47.7. The zero-order valence-electron chi connectivity index (χ0n) is 34.3. The van der Waals surface area contributed by atoms with Gasteiger partial charge in [0, 0.05) is 23.8 Å². The summed E-state index contributed by atoms with van der Waals surface area (Å²) in [6.45, 7) is -2.15. The lowest BCUT2D eigenvalue weighted by molar-refractivity contribution is -0.348. The molecule has 4 heterocycles. The third kappa shape index (κ3) is 9.81. The number of hydrogen-bond acceptors (Lipinski definition) is 24. The van der Waals surface area contributed by atoms with Crippen LogP contribution in [0.3, 0.4) is 0 Å². The van der Waals surface area contributed by atoms with Crippen LogP contribution in [0.15, 0.2) is 63.8 Å². The van der Waals surface area contributed by atoms with Gasteiger partial charge in [0.15, 0.2) is 41.2 Å². The molecule has 24 heteroatoms. The van der Waals surface area contributed by atoms with Crippen LogP contribution in [-0.4, -0.2) is 185 Å². The Morgan fingerprint density at radius 2 is 1.41 bits per heavy atom. The molecule has 0 amide bonds. The number of aliphatic hydroxyl groups excluding tert-OH is 9. The minimum Gasteiger partial charge on any atom is -0.507 e. The molecule has 0 bridgehead atoms. The number of fused-ring (bicyclic) bond motifs is 1. The summed E-state index contributed by atoms with van der Waals surface area (Å²) in [4.78, 5) is 26.9. The molecule has 14 atom stereocenters. The van der Waals surface area contributed by atoms with Crippen molar-refractivity contribution >= 4 is 23.0 Å². The molecule has 0 spiro atoms. The summed E-state index contributed by atoms with van der Waals surface area (Å²) in [5.41, 5.74) is -1.29. The van der Waals surface area contributed by atoms with Gasteiger partial charge >= 0.3 is 5.97 Å². The molecule has 13 N–H and O–H groups in total. The number of phenols is 4. The van der Waals surface area contributed by atoms with Gasteiger partial charge in [0.05, 0.1) is 20.3 Å². The molecule has 3 fully saturated rings. The van der Waals surface area contributed by atoms with Gasteiger partial charge in [-0.25, -0.2) is 4.79 Å². The lowest BCUT2D eigenvalue weighted by Gasteiger charge is -2.44. The van der Waals surface area contributed by atoms with Gasteiger partial charge in [0.2, 0.25) is 23.8 Å². The Hall–Kier alpha value is -5.84. The fraction of sp³-hybridized carbons (Fsp3) is 0.429. The van der Waals surface area contributed by atoms with Crippen molar-refractivity contribution in [1.82, 2.24) is 0 Å². The number of benzene rings is 3. The highest BCUT2D eigenvalue weighted by molar-refractivity contribution is 5.89. The van der Waals surface area contributed by atoms with E-state index in [1.54, 1.807) is 0 Å². The molecule has 1 aromatic heterocycles. The number of ether oxygens (including phenoxy) is 8. The third-order valence-corrected chi connectivity index (χ3v) is 10.9. The highest BCUT2D eigenvalue weighted by atomic mass is 16.8. The number of aromatic hydroxyl groups is 4. The number of carbonyl (C=O) groups excluding carboxylic acids is 1. The molecule has 358 valence electrons. The van der Waals surface area contributed by atoms with E-state index in [1.165, 1.54) is 37.5 Å². The Bertz CT molecular complexity index is 2460. The van der Waals surface area contributed by atoms with Crippen LogP contribution in [0, 0.1) is 0 Å². The van der Waals surface area contributed by atoms with Gasteiger partial charge in [-0.2, -0.15) is 0 Å². The summed E-state index contributed by atoms with van der Waals surface area (Å²) in [5.74, 6) is -4.72. The number of hydrogen-bond donors (Lipinski definition) is 13. The fourth-order valence-corrected chi connectivity index (χ4v) is 7.21. The standard InChI is InChI=1S/C42H46O24/c1-58-23-8-15(2-5-19(23)45)3-7-27(49)59-14-26-31(52)34(55)36(57)41(64-26)66-39-29(50)22(48)13-60-42(39)65-38-32(53)28-21(47)10-17(61-40-35(56)33(54)30(51)25(12-43)63-40)11-24(28)62-37(38)16-4-6-18(44)20(46)9-16/h2-11,22,25-26,29-31,33-36,39-48,50-52,54-57H,12-14H2,1H3/b7-3+/t22-,25-,26+,29-,30+,31+,33-,34-,35+,36+,39-,40+,41-,42+/m0/s1. The van der Waals surface area contributed by atoms with Crippen LogP contribution < -0.4 is 19.6 Å². The van der Waals surface area contributed by atoms with Crippen LogP contribution in [-0.2, 0) is 28.5 Å². The van der Waals surface area contributed by atoms with Gasteiger partial charge in [-0.15, -0.1) is 0 Å². The van der Waals surface area contributed by atoms with Crippen molar-refractivity contribution in [2.75, 3.05) is 26.9 Å². The molecule has 3 aliphatic heterocycles. The number of methoxy groups -OCH3 is 1. The van der Waals surface area contributed by atoms with E-state index in [1.807, 2.05) is 0 Å². The van der Waals surface area contributed by atoms with Crippen LogP contribution in [0.4, 0.5) is 0 Å². The van der Waals surface area contributed by atoms with Crippen LogP contribution in [0.1, 0.15) is 5.56 Å². The van der Waals surface area contributed by atoms with E-state index in [0.29, 0.717) is 5.56 Å². The lowest BCUT2D eigenvalue weighted by atomic mass is 9.98. The molecule has 66 heavy (non-hydrogen) atoms. The van der Waals surface area contributed by atoms with Gasteiger partial charge in [-0.3, -0.25) is 4.79 Å². The summed E-state index contributed by atoms with van der Waals surface area (Å²) in [6.07, 6.45) is -23.2. The van der Waals surface area contributed by atoms with Crippen LogP contribution >= 0.6 is 0 Å². The average molecular weight is 935 g/mol. The smallest absolute Gasteiger partial charge is 0.330 e. The number of phenolic OH excluding ortho intramolecular Hbond substituents is 4. The first-order chi connectivity index (χ1) is 31.4. The highest BCUT2D eigenvalue weighted by Gasteiger charge is 2.50. The molecule has 3 saturated heterocycles. The maximum absolute atomic E-state index is 14.3. The van der Waals surface area contributed by atoms with Gasteiger partial charge < -0.3 is 109 Å². The minimum atomic E-state index is -2.07. The highest BCUT2D eigenvalue weighted by Crippen LogP contribution is 2.40. The predicted octanol–water partition coefficient (Wildman–Crippen LogP) is -2.62. The van der Waals surface area contributed by atoms with Crippen LogP contribution in [0.2, 0.25) is 0 Å². The molecule has 0 unspecified atom stereocenters. The predicted molar refractivity (Wildman–Crippen MR) is 216 cm³/mol. The number of aliphatic hydroxyl groups is 9. The Labute approximate surface area is 371 Å². The molecule has 3 aromatic carbocycles. The van der Waals surface area contributed by atoms with E-state index in [4.69, 9.17) is 42.3 Å². The maximum atomic E-state index is 14.3. The molecule has 0 saturated carbocycles. The number of esters is 1. The number of carbonyl (C=O) groups is 1. The molecule has 3 aliphatic rings.